The van der Waals surface area contributed by atoms with Crippen LogP contribution in [-0.4, -0.2) is 17.5 Å². The number of hydrogen-bond acceptors (Lipinski definition) is 2. The van der Waals surface area contributed by atoms with Crippen LogP contribution in [0, 0.1) is 5.92 Å². The van der Waals surface area contributed by atoms with Crippen molar-refractivity contribution in [1.29, 1.82) is 0 Å². The summed E-state index contributed by atoms with van der Waals surface area (Å²) in [5, 5.41) is 0.867. The van der Waals surface area contributed by atoms with E-state index in [0.717, 1.165) is 17.7 Å². The molecule has 0 saturated heterocycles. The predicted octanol–water partition coefficient (Wildman–Crippen LogP) is 4.04. The van der Waals surface area contributed by atoms with Crippen LogP contribution >= 0.6 is 11.8 Å². The molecule has 0 amide bonds. The second-order valence-corrected chi connectivity index (χ2v) is 6.90. The summed E-state index contributed by atoms with van der Waals surface area (Å²) < 4.78 is 0. The molecule has 1 aromatic rings. The molecule has 1 fully saturated rings. The molecule has 2 N–H and O–H groups in total. The van der Waals surface area contributed by atoms with Crippen molar-refractivity contribution in [3.05, 3.63) is 35.9 Å². The van der Waals surface area contributed by atoms with E-state index in [4.69, 9.17) is 5.73 Å². The van der Waals surface area contributed by atoms with Crippen molar-refractivity contribution in [2.75, 3.05) is 12.3 Å². The number of rotatable bonds is 5. The molecule has 0 heterocycles. The molecule has 0 aromatic heterocycles. The summed E-state index contributed by atoms with van der Waals surface area (Å²) in [6, 6.07) is 10.7. The Hall–Kier alpha value is -0.470. The van der Waals surface area contributed by atoms with Crippen molar-refractivity contribution < 1.29 is 0 Å². The van der Waals surface area contributed by atoms with Crippen molar-refractivity contribution in [1.82, 2.24) is 0 Å². The molecular weight excluding hydrogens is 238 g/mol. The van der Waals surface area contributed by atoms with Gasteiger partial charge in [0.15, 0.2) is 0 Å². The lowest BCUT2D eigenvalue weighted by Crippen LogP contribution is -2.19. The smallest absolute Gasteiger partial charge is 0.00520 e. The van der Waals surface area contributed by atoms with Gasteiger partial charge in [0, 0.05) is 16.9 Å². The topological polar surface area (TPSA) is 26.0 Å². The molecule has 18 heavy (non-hydrogen) atoms. The van der Waals surface area contributed by atoms with E-state index in [9.17, 15) is 0 Å². The normalized spacial score (nSPS) is 25.9. The number of thioether (sulfide) groups is 1. The Bertz CT molecular complexity index is 338. The summed E-state index contributed by atoms with van der Waals surface area (Å²) in [5.74, 6) is 2.62. The summed E-state index contributed by atoms with van der Waals surface area (Å²) in [5.41, 5.74) is 7.33. The highest BCUT2D eigenvalue weighted by Crippen LogP contribution is 2.34. The molecule has 1 saturated carbocycles. The first-order valence-electron chi connectivity index (χ1n) is 7.16. The van der Waals surface area contributed by atoms with Crippen LogP contribution in [0.3, 0.4) is 0 Å². The minimum absolute atomic E-state index is 0.522. The minimum atomic E-state index is 0.522. The number of hydrogen-bond donors (Lipinski definition) is 1. The molecule has 3 atom stereocenters. The van der Waals surface area contributed by atoms with Gasteiger partial charge in [-0.1, -0.05) is 50.1 Å². The van der Waals surface area contributed by atoms with Crippen molar-refractivity contribution in [3.63, 3.8) is 0 Å². The van der Waals surface area contributed by atoms with Gasteiger partial charge in [0.1, 0.15) is 0 Å². The van der Waals surface area contributed by atoms with Crippen molar-refractivity contribution in [3.8, 4) is 0 Å². The van der Waals surface area contributed by atoms with Gasteiger partial charge in [0.25, 0.3) is 0 Å². The van der Waals surface area contributed by atoms with Gasteiger partial charge in [-0.05, 0) is 30.9 Å². The fourth-order valence-corrected chi connectivity index (χ4v) is 4.44. The first-order valence-corrected chi connectivity index (χ1v) is 8.21. The predicted molar refractivity (Wildman–Crippen MR) is 82.1 cm³/mol. The zero-order valence-electron chi connectivity index (χ0n) is 11.3. The molecule has 0 radical (unpaired) electrons. The Balaban J connectivity index is 1.84. The fraction of sp³-hybridized carbons (Fsp3) is 0.625. The van der Waals surface area contributed by atoms with Crippen LogP contribution in [0.2, 0.25) is 0 Å². The molecule has 3 unspecified atom stereocenters. The molecular formula is C16H25NS. The lowest BCUT2D eigenvalue weighted by molar-refractivity contribution is 0.394. The van der Waals surface area contributed by atoms with Gasteiger partial charge in [-0.25, -0.2) is 0 Å². The number of benzene rings is 1. The van der Waals surface area contributed by atoms with E-state index in [2.05, 4.69) is 49.0 Å². The van der Waals surface area contributed by atoms with Crippen LogP contribution in [0.1, 0.15) is 44.1 Å². The number of nitrogens with two attached hydrogens (primary N) is 1. The van der Waals surface area contributed by atoms with Crippen LogP contribution < -0.4 is 5.73 Å². The first-order chi connectivity index (χ1) is 8.79. The van der Waals surface area contributed by atoms with Crippen molar-refractivity contribution >= 4 is 11.8 Å². The third-order valence-electron chi connectivity index (χ3n) is 3.98. The highest BCUT2D eigenvalue weighted by molar-refractivity contribution is 7.99. The highest BCUT2D eigenvalue weighted by atomic mass is 32.2. The lowest BCUT2D eigenvalue weighted by atomic mass is 9.91. The molecule has 1 aromatic carbocycles. The highest BCUT2D eigenvalue weighted by Gasteiger charge is 2.20. The third-order valence-corrected chi connectivity index (χ3v) is 5.47. The summed E-state index contributed by atoms with van der Waals surface area (Å²) >= 11 is 2.15. The molecule has 1 aliphatic carbocycles. The summed E-state index contributed by atoms with van der Waals surface area (Å²) in [7, 11) is 0. The second kappa shape index (κ2) is 7.20. The maximum atomic E-state index is 5.93. The Morgan fingerprint density at radius 2 is 2.06 bits per heavy atom. The van der Waals surface area contributed by atoms with Gasteiger partial charge in [0.2, 0.25) is 0 Å². The van der Waals surface area contributed by atoms with Gasteiger partial charge in [-0.15, -0.1) is 0 Å². The molecule has 1 nitrogen and oxygen atoms in total. The molecule has 1 aliphatic rings. The molecule has 2 rings (SSSR count). The van der Waals surface area contributed by atoms with Gasteiger partial charge in [-0.3, -0.25) is 0 Å². The summed E-state index contributed by atoms with van der Waals surface area (Å²) in [6.45, 7) is 3.16. The molecule has 100 valence electrons. The first kappa shape index (κ1) is 14.0. The second-order valence-electron chi connectivity index (χ2n) is 5.57. The standard InChI is InChI=1S/C16H25NS/c1-13-6-5-9-16(10-13)18-12-15(11-17)14-7-3-2-4-8-14/h2-4,7-8,13,15-16H,5-6,9-12,17H2,1H3. The van der Waals surface area contributed by atoms with E-state index in [1.165, 1.54) is 37.0 Å². The monoisotopic (exact) mass is 263 g/mol. The van der Waals surface area contributed by atoms with E-state index < -0.39 is 0 Å². The van der Waals surface area contributed by atoms with Crippen LogP contribution in [0.4, 0.5) is 0 Å². The molecule has 0 spiro atoms. The third kappa shape index (κ3) is 4.03. The molecule has 0 bridgehead atoms. The van der Waals surface area contributed by atoms with Gasteiger partial charge in [-0.2, -0.15) is 11.8 Å². The van der Waals surface area contributed by atoms with E-state index in [1.54, 1.807) is 0 Å². The summed E-state index contributed by atoms with van der Waals surface area (Å²) in [6.07, 6.45) is 5.64. The Morgan fingerprint density at radius 1 is 1.28 bits per heavy atom. The average molecular weight is 263 g/mol. The van der Waals surface area contributed by atoms with E-state index in [1.807, 2.05) is 0 Å². The van der Waals surface area contributed by atoms with Crippen LogP contribution in [-0.2, 0) is 0 Å². The Kier molecular flexibility index (Phi) is 5.58. The van der Waals surface area contributed by atoms with Gasteiger partial charge < -0.3 is 5.73 Å². The van der Waals surface area contributed by atoms with Crippen LogP contribution in [0.5, 0.6) is 0 Å². The van der Waals surface area contributed by atoms with Crippen LogP contribution in [0.25, 0.3) is 0 Å². The maximum Gasteiger partial charge on any atom is 0.00520 e. The zero-order chi connectivity index (χ0) is 12.8. The van der Waals surface area contributed by atoms with E-state index >= 15 is 0 Å². The van der Waals surface area contributed by atoms with Gasteiger partial charge in [0.05, 0.1) is 0 Å². The molecule has 0 aliphatic heterocycles. The quantitative estimate of drug-likeness (QED) is 0.867. The zero-order valence-corrected chi connectivity index (χ0v) is 12.2. The van der Waals surface area contributed by atoms with Crippen molar-refractivity contribution in [2.45, 2.75) is 43.8 Å². The largest absolute Gasteiger partial charge is 0.330 e. The average Bonchev–Trinajstić information content (AvgIpc) is 2.41. The Morgan fingerprint density at radius 3 is 2.72 bits per heavy atom. The van der Waals surface area contributed by atoms with E-state index in [-0.39, 0.29) is 0 Å². The van der Waals surface area contributed by atoms with Gasteiger partial charge >= 0.3 is 0 Å². The lowest BCUT2D eigenvalue weighted by Gasteiger charge is -2.27. The SMILES string of the molecule is CC1CCCC(SCC(CN)c2ccccc2)C1. The molecule has 2 heteroatoms. The minimum Gasteiger partial charge on any atom is -0.330 e. The Labute approximate surface area is 116 Å². The van der Waals surface area contributed by atoms with Crippen molar-refractivity contribution in [2.24, 2.45) is 11.7 Å². The van der Waals surface area contributed by atoms with Crippen LogP contribution in [0.15, 0.2) is 30.3 Å². The fourth-order valence-electron chi connectivity index (χ4n) is 2.81. The maximum absolute atomic E-state index is 5.93. The van der Waals surface area contributed by atoms with E-state index in [0.29, 0.717) is 5.92 Å². The summed E-state index contributed by atoms with van der Waals surface area (Å²) in [4.78, 5) is 0.